The molecule has 1 amide bonds. The molecule has 1 unspecified atom stereocenters. The number of hydrogen-bond donors (Lipinski definition) is 2. The van der Waals surface area contributed by atoms with Crippen LogP contribution in [0.3, 0.4) is 0 Å². The highest BCUT2D eigenvalue weighted by molar-refractivity contribution is 6.32. The Balaban J connectivity index is 2.63. The summed E-state index contributed by atoms with van der Waals surface area (Å²) < 4.78 is 28.5. The zero-order valence-corrected chi connectivity index (χ0v) is 13.7. The Bertz CT molecular complexity index is 605. The molecule has 0 heterocycles. The van der Waals surface area contributed by atoms with Crippen molar-refractivity contribution in [3.8, 4) is 11.8 Å². The van der Waals surface area contributed by atoms with Crippen LogP contribution in [0.4, 0.5) is 14.5 Å². The van der Waals surface area contributed by atoms with Crippen molar-refractivity contribution in [2.75, 3.05) is 11.9 Å². The number of nitrogens with one attached hydrogen (secondary N) is 2. The van der Waals surface area contributed by atoms with E-state index in [9.17, 15) is 13.6 Å². The Hall–Kier alpha value is -2.07. The number of benzene rings is 1. The molecule has 0 fully saturated rings. The predicted octanol–water partition coefficient (Wildman–Crippen LogP) is 3.41. The number of amides is 1. The summed E-state index contributed by atoms with van der Waals surface area (Å²) in [6.45, 7) is 2.26. The maximum atomic E-state index is 12.1. The van der Waals surface area contributed by atoms with Gasteiger partial charge in [-0.15, -0.1) is 0 Å². The monoisotopic (exact) mass is 345 g/mol. The smallest absolute Gasteiger partial charge is 0.387 e. The van der Waals surface area contributed by atoms with E-state index in [1.165, 1.54) is 18.2 Å². The van der Waals surface area contributed by atoms with E-state index in [1.807, 2.05) is 13.8 Å². The Morgan fingerprint density at radius 3 is 2.61 bits per heavy atom. The van der Waals surface area contributed by atoms with Gasteiger partial charge in [0.2, 0.25) is 5.91 Å². The van der Waals surface area contributed by atoms with Crippen molar-refractivity contribution >= 4 is 23.2 Å². The van der Waals surface area contributed by atoms with Crippen molar-refractivity contribution in [1.82, 2.24) is 5.32 Å². The van der Waals surface area contributed by atoms with Gasteiger partial charge >= 0.3 is 6.61 Å². The van der Waals surface area contributed by atoms with Crippen LogP contribution in [0.5, 0.6) is 5.75 Å². The third-order valence-electron chi connectivity index (χ3n) is 3.39. The number of rotatable bonds is 7. The minimum atomic E-state index is -2.96. The highest BCUT2D eigenvalue weighted by Crippen LogP contribution is 2.28. The van der Waals surface area contributed by atoms with E-state index in [2.05, 4.69) is 21.4 Å². The van der Waals surface area contributed by atoms with E-state index in [0.717, 1.165) is 0 Å². The molecule has 8 heteroatoms. The first-order valence-electron chi connectivity index (χ1n) is 6.88. The zero-order chi connectivity index (χ0) is 17.6. The van der Waals surface area contributed by atoms with Crippen LogP contribution >= 0.6 is 11.6 Å². The Labute approximate surface area is 138 Å². The number of hydrogen-bond acceptors (Lipinski definition) is 4. The fraction of sp³-hybridized carbons (Fsp3) is 0.467. The molecule has 5 nitrogen and oxygen atoms in total. The lowest BCUT2D eigenvalue weighted by molar-refractivity contribution is -0.121. The molecule has 0 aliphatic rings. The van der Waals surface area contributed by atoms with Crippen LogP contribution in [0.15, 0.2) is 18.2 Å². The number of nitriles is 1. The summed E-state index contributed by atoms with van der Waals surface area (Å²) in [6, 6.07) is 6.19. The van der Waals surface area contributed by atoms with Crippen LogP contribution in [-0.4, -0.2) is 24.6 Å². The van der Waals surface area contributed by atoms with Gasteiger partial charge in [0.05, 0.1) is 17.6 Å². The van der Waals surface area contributed by atoms with Crippen LogP contribution in [0.2, 0.25) is 5.02 Å². The molecule has 1 rings (SSSR count). The maximum Gasteiger partial charge on any atom is 0.387 e. The summed E-state index contributed by atoms with van der Waals surface area (Å²) >= 11 is 5.82. The number of carbonyl (C=O) groups excluding carboxylic acids is 1. The van der Waals surface area contributed by atoms with Gasteiger partial charge in [0.1, 0.15) is 11.3 Å². The van der Waals surface area contributed by atoms with E-state index in [4.69, 9.17) is 16.9 Å². The van der Waals surface area contributed by atoms with Crippen molar-refractivity contribution in [3.05, 3.63) is 23.2 Å². The number of halogens is 3. The minimum absolute atomic E-state index is 0.000230. The molecule has 23 heavy (non-hydrogen) atoms. The van der Waals surface area contributed by atoms with Gasteiger partial charge in [-0.1, -0.05) is 25.4 Å². The summed E-state index contributed by atoms with van der Waals surface area (Å²) in [5.74, 6) is -0.572. The van der Waals surface area contributed by atoms with E-state index in [0.29, 0.717) is 5.69 Å². The first-order chi connectivity index (χ1) is 10.7. The molecule has 1 aromatic carbocycles. The molecule has 0 aromatic heterocycles. The highest BCUT2D eigenvalue weighted by Gasteiger charge is 2.29. The molecular formula is C15H18ClF2N3O2. The molecule has 1 atom stereocenters. The number of nitrogens with zero attached hydrogens (tertiary/aromatic N) is 1. The van der Waals surface area contributed by atoms with Crippen LogP contribution in [-0.2, 0) is 4.79 Å². The molecule has 0 spiro atoms. The van der Waals surface area contributed by atoms with Crippen LogP contribution < -0.4 is 15.4 Å². The Morgan fingerprint density at radius 2 is 2.13 bits per heavy atom. The molecule has 0 bridgehead atoms. The molecule has 0 aliphatic heterocycles. The highest BCUT2D eigenvalue weighted by atomic mass is 35.5. The van der Waals surface area contributed by atoms with E-state index < -0.39 is 12.2 Å². The lowest BCUT2D eigenvalue weighted by Gasteiger charge is -2.27. The topological polar surface area (TPSA) is 74.2 Å². The largest absolute Gasteiger partial charge is 0.433 e. The summed E-state index contributed by atoms with van der Waals surface area (Å²) in [7, 11) is 0. The number of ether oxygens (including phenoxy) is 1. The Morgan fingerprint density at radius 1 is 1.48 bits per heavy atom. The van der Waals surface area contributed by atoms with Gasteiger partial charge in [0, 0.05) is 5.69 Å². The summed E-state index contributed by atoms with van der Waals surface area (Å²) in [5.41, 5.74) is -0.499. The lowest BCUT2D eigenvalue weighted by Crippen LogP contribution is -2.50. The normalized spacial score (nSPS) is 13.3. The maximum absolute atomic E-state index is 12.1. The average Bonchev–Trinajstić information content (AvgIpc) is 2.47. The second kappa shape index (κ2) is 7.97. The molecular weight excluding hydrogens is 328 g/mol. The van der Waals surface area contributed by atoms with Crippen LogP contribution in [0, 0.1) is 17.2 Å². The van der Waals surface area contributed by atoms with Crippen LogP contribution in [0.1, 0.15) is 20.8 Å². The fourth-order valence-electron chi connectivity index (χ4n) is 1.62. The van der Waals surface area contributed by atoms with Crippen molar-refractivity contribution in [2.24, 2.45) is 5.92 Å². The fourth-order valence-corrected chi connectivity index (χ4v) is 1.84. The van der Waals surface area contributed by atoms with Crippen LogP contribution in [0.25, 0.3) is 0 Å². The van der Waals surface area contributed by atoms with Crippen molar-refractivity contribution in [2.45, 2.75) is 32.9 Å². The lowest BCUT2D eigenvalue weighted by atomic mass is 9.90. The second-order valence-corrected chi connectivity index (χ2v) is 5.80. The van der Waals surface area contributed by atoms with E-state index >= 15 is 0 Å². The average molecular weight is 346 g/mol. The van der Waals surface area contributed by atoms with E-state index in [-0.39, 0.29) is 29.1 Å². The van der Waals surface area contributed by atoms with Gasteiger partial charge in [-0.2, -0.15) is 14.0 Å². The van der Waals surface area contributed by atoms with E-state index in [1.54, 1.807) is 6.92 Å². The predicted molar refractivity (Wildman–Crippen MR) is 83.6 cm³/mol. The van der Waals surface area contributed by atoms with Gasteiger partial charge in [-0.05, 0) is 31.0 Å². The SMILES string of the molecule is CC(C)C(C)(C#N)NC(=O)CNc1ccc(OC(F)F)c(Cl)c1. The van der Waals surface area contributed by atoms with Gasteiger partial charge in [-0.25, -0.2) is 0 Å². The molecule has 0 radical (unpaired) electrons. The number of carbonyl (C=O) groups is 1. The minimum Gasteiger partial charge on any atom is -0.433 e. The standard InChI is InChI=1S/C15H18ClF2N3O2/c1-9(2)15(3,8-19)21-13(22)7-20-10-4-5-12(11(16)6-10)23-14(17)18/h4-6,9,14,20H,7H2,1-3H3,(H,21,22). The van der Waals surface area contributed by atoms with Crippen molar-refractivity contribution < 1.29 is 18.3 Å². The molecule has 2 N–H and O–H groups in total. The van der Waals surface area contributed by atoms with Gasteiger partial charge in [0.15, 0.2) is 0 Å². The van der Waals surface area contributed by atoms with Crippen molar-refractivity contribution in [1.29, 1.82) is 5.26 Å². The van der Waals surface area contributed by atoms with Gasteiger partial charge in [0.25, 0.3) is 0 Å². The number of anilines is 1. The first kappa shape index (κ1) is 19.0. The summed E-state index contributed by atoms with van der Waals surface area (Å²) in [6.07, 6.45) is 0. The molecule has 0 aliphatic carbocycles. The molecule has 0 saturated heterocycles. The Kier molecular flexibility index (Phi) is 6.58. The third-order valence-corrected chi connectivity index (χ3v) is 3.68. The molecule has 0 saturated carbocycles. The third kappa shape index (κ3) is 5.57. The molecule has 126 valence electrons. The van der Waals surface area contributed by atoms with Gasteiger partial charge in [-0.3, -0.25) is 4.79 Å². The number of alkyl halides is 2. The van der Waals surface area contributed by atoms with Crippen molar-refractivity contribution in [3.63, 3.8) is 0 Å². The first-order valence-corrected chi connectivity index (χ1v) is 7.26. The summed E-state index contributed by atoms with van der Waals surface area (Å²) in [4.78, 5) is 11.9. The quantitative estimate of drug-likeness (QED) is 0.794. The molecule has 1 aromatic rings. The second-order valence-electron chi connectivity index (χ2n) is 5.39. The summed E-state index contributed by atoms with van der Waals surface area (Å²) in [5, 5.41) is 14.6. The zero-order valence-electron chi connectivity index (χ0n) is 13.0. The van der Waals surface area contributed by atoms with Gasteiger partial charge < -0.3 is 15.4 Å².